The monoisotopic (exact) mass is 728 g/mol. The van der Waals surface area contributed by atoms with Crippen molar-refractivity contribution in [2.24, 2.45) is 0 Å². The van der Waals surface area contributed by atoms with Gasteiger partial charge in [0.15, 0.2) is 33.6 Å². The highest BCUT2D eigenvalue weighted by Crippen LogP contribution is 2.47. The molecular weight excluding hydrogens is 677 g/mol. The van der Waals surface area contributed by atoms with Crippen molar-refractivity contribution in [1.29, 1.82) is 0 Å². The summed E-state index contributed by atoms with van der Waals surface area (Å²) in [5.74, 6) is -0.613. The Labute approximate surface area is 303 Å². The summed E-state index contributed by atoms with van der Waals surface area (Å²) >= 11 is 0. The molecule has 3 atom stereocenters. The van der Waals surface area contributed by atoms with E-state index in [4.69, 9.17) is 18.6 Å². The minimum absolute atomic E-state index is 0.00443. The van der Waals surface area contributed by atoms with E-state index in [1.54, 1.807) is 54.9 Å². The van der Waals surface area contributed by atoms with E-state index in [0.717, 1.165) is 0 Å². The Balaban J connectivity index is 1.57. The minimum Gasteiger partial charge on any atom is -0.413 e. The Kier molecular flexibility index (Phi) is 10.6. The molecule has 2 aromatic heterocycles. The van der Waals surface area contributed by atoms with E-state index in [0.29, 0.717) is 28.7 Å². The van der Waals surface area contributed by atoms with Gasteiger partial charge in [0.05, 0.1) is 19.0 Å². The molecule has 0 saturated carbocycles. The summed E-state index contributed by atoms with van der Waals surface area (Å²) in [6, 6.07) is 17.6. The number of ether oxygens (including phenoxy) is 1. The topological polar surface area (TPSA) is 129 Å². The maximum atomic E-state index is 13.3. The third-order valence-electron chi connectivity index (χ3n) is 10.6. The molecule has 0 aliphatic carbocycles. The molecule has 11 nitrogen and oxygen atoms in total. The Bertz CT molecular complexity index is 1890. The SMILES string of the molecule is C=C[C@]1(CO[Si](C)(C)C(C)(C)C)O[C@@H](n2cnc3c(NC(=O)c4ccccc4)nc(NC(=O)c4ccccc4)nc32)C[C@@H]1O[Si](C)(C)C(C)(C)C. The molecule has 0 unspecified atom stereocenters. The summed E-state index contributed by atoms with van der Waals surface area (Å²) in [5, 5.41) is 5.62. The maximum Gasteiger partial charge on any atom is 0.258 e. The van der Waals surface area contributed by atoms with Gasteiger partial charge in [-0.15, -0.1) is 6.58 Å². The lowest BCUT2D eigenvalue weighted by molar-refractivity contribution is -0.0899. The van der Waals surface area contributed by atoms with Crippen LogP contribution in [0.4, 0.5) is 11.8 Å². The summed E-state index contributed by atoms with van der Waals surface area (Å²) in [4.78, 5) is 40.5. The Morgan fingerprint density at radius 2 is 1.45 bits per heavy atom. The van der Waals surface area contributed by atoms with Crippen LogP contribution in [0.2, 0.25) is 36.3 Å². The highest BCUT2D eigenvalue weighted by molar-refractivity contribution is 6.74. The lowest BCUT2D eigenvalue weighted by Gasteiger charge is -2.44. The molecule has 1 aliphatic heterocycles. The van der Waals surface area contributed by atoms with Gasteiger partial charge in [-0.1, -0.05) is 84.0 Å². The molecule has 1 fully saturated rings. The standard InChI is InChI=1S/C38H52N6O5Si2/c1-12-38(24-47-50(8,9)36(2,3)4)28(49-51(10,11)37(5,6)7)23-29(48-38)44-25-39-30-31(40-33(45)26-19-15-13-16-20-26)41-35(42-32(30)44)43-34(46)27-21-17-14-18-22-27/h12-22,25,28-29H,1,23-24H2,2-11H3,(H2,40,41,42,43,45,46)/t28-,29+,38+/m0/s1. The summed E-state index contributed by atoms with van der Waals surface area (Å²) in [5.41, 5.74) is 0.635. The molecule has 272 valence electrons. The molecule has 1 aliphatic rings. The largest absolute Gasteiger partial charge is 0.413 e. The molecule has 13 heteroatoms. The Morgan fingerprint density at radius 1 is 0.902 bits per heavy atom. The number of carbonyl (C=O) groups excluding carboxylic acids is 2. The Hall–Kier alpha value is -4.02. The molecule has 2 amide bonds. The number of aromatic nitrogens is 4. The van der Waals surface area contributed by atoms with Gasteiger partial charge in [-0.05, 0) is 60.5 Å². The van der Waals surface area contributed by atoms with Gasteiger partial charge in [0.25, 0.3) is 11.8 Å². The van der Waals surface area contributed by atoms with Crippen LogP contribution in [0.3, 0.4) is 0 Å². The normalized spacial score (nSPS) is 20.0. The maximum absolute atomic E-state index is 13.3. The van der Waals surface area contributed by atoms with E-state index >= 15 is 0 Å². The number of fused-ring (bicyclic) bond motifs is 1. The first-order chi connectivity index (χ1) is 23.8. The number of hydrogen-bond acceptors (Lipinski definition) is 8. The van der Waals surface area contributed by atoms with Crippen LogP contribution in [0.1, 0.15) is 74.9 Å². The second kappa shape index (κ2) is 14.2. The van der Waals surface area contributed by atoms with Crippen molar-refractivity contribution >= 4 is 51.4 Å². The number of amides is 2. The zero-order valence-corrected chi connectivity index (χ0v) is 33.5. The lowest BCUT2D eigenvalue weighted by atomic mass is 9.98. The average Bonchev–Trinajstić information content (AvgIpc) is 3.65. The smallest absolute Gasteiger partial charge is 0.258 e. The summed E-state index contributed by atoms with van der Waals surface area (Å²) in [7, 11) is -4.48. The first-order valence-electron chi connectivity index (χ1n) is 17.4. The zero-order chi connectivity index (χ0) is 37.4. The van der Waals surface area contributed by atoms with Gasteiger partial charge in [0.1, 0.15) is 11.8 Å². The molecule has 3 heterocycles. The van der Waals surface area contributed by atoms with Crippen molar-refractivity contribution in [3.63, 3.8) is 0 Å². The van der Waals surface area contributed by atoms with Gasteiger partial charge < -0.3 is 18.9 Å². The first kappa shape index (κ1) is 38.2. The number of imidazole rings is 1. The third kappa shape index (κ3) is 8.07. The molecule has 2 aromatic carbocycles. The summed E-state index contributed by atoms with van der Waals surface area (Å²) in [6.07, 6.45) is 2.95. The molecule has 51 heavy (non-hydrogen) atoms. The molecule has 2 N–H and O–H groups in total. The van der Waals surface area contributed by atoms with Gasteiger partial charge >= 0.3 is 0 Å². The van der Waals surface area contributed by atoms with Crippen molar-refractivity contribution < 1.29 is 23.2 Å². The second-order valence-electron chi connectivity index (χ2n) is 16.2. The van der Waals surface area contributed by atoms with Gasteiger partial charge in [0.2, 0.25) is 5.95 Å². The summed E-state index contributed by atoms with van der Waals surface area (Å²) in [6.45, 7) is 26.7. The van der Waals surface area contributed by atoms with Gasteiger partial charge in [-0.2, -0.15) is 9.97 Å². The van der Waals surface area contributed by atoms with Crippen molar-refractivity contribution in [3.05, 3.63) is 90.8 Å². The predicted molar refractivity (Wildman–Crippen MR) is 207 cm³/mol. The van der Waals surface area contributed by atoms with E-state index < -0.39 is 34.4 Å². The predicted octanol–water partition coefficient (Wildman–Crippen LogP) is 8.59. The number of nitrogens with zero attached hydrogens (tertiary/aromatic N) is 4. The zero-order valence-electron chi connectivity index (χ0n) is 31.5. The molecular formula is C38H52N6O5Si2. The van der Waals surface area contributed by atoms with Crippen LogP contribution < -0.4 is 10.6 Å². The molecule has 1 saturated heterocycles. The van der Waals surface area contributed by atoms with Crippen LogP contribution in [-0.2, 0) is 13.6 Å². The van der Waals surface area contributed by atoms with Gasteiger partial charge in [-0.25, -0.2) is 4.98 Å². The van der Waals surface area contributed by atoms with E-state index in [2.05, 4.69) is 94.9 Å². The number of benzene rings is 2. The average molecular weight is 729 g/mol. The number of anilines is 2. The fourth-order valence-electron chi connectivity index (χ4n) is 5.29. The van der Waals surface area contributed by atoms with Crippen LogP contribution in [0.5, 0.6) is 0 Å². The van der Waals surface area contributed by atoms with Gasteiger partial charge in [0, 0.05) is 17.5 Å². The molecule has 4 aromatic rings. The molecule has 0 radical (unpaired) electrons. The number of rotatable bonds is 11. The quantitative estimate of drug-likeness (QED) is 0.116. The minimum atomic E-state index is -2.29. The molecule has 5 rings (SSSR count). The number of carbonyl (C=O) groups is 2. The van der Waals surface area contributed by atoms with Crippen LogP contribution in [0.25, 0.3) is 11.2 Å². The van der Waals surface area contributed by atoms with Gasteiger partial charge in [-0.3, -0.25) is 19.5 Å². The fourth-order valence-corrected chi connectivity index (χ4v) is 7.67. The van der Waals surface area contributed by atoms with E-state index in [-0.39, 0.29) is 40.5 Å². The lowest BCUT2D eigenvalue weighted by Crippen LogP contribution is -2.54. The summed E-state index contributed by atoms with van der Waals surface area (Å²) < 4.78 is 22.7. The van der Waals surface area contributed by atoms with Crippen molar-refractivity contribution in [3.8, 4) is 0 Å². The fraction of sp³-hybridized carbons (Fsp3) is 0.447. The molecule has 0 spiro atoms. The second-order valence-corrected chi connectivity index (χ2v) is 25.8. The highest BCUT2D eigenvalue weighted by atomic mass is 28.4. The van der Waals surface area contributed by atoms with E-state index in [1.165, 1.54) is 0 Å². The highest BCUT2D eigenvalue weighted by Gasteiger charge is 2.54. The van der Waals surface area contributed by atoms with Crippen LogP contribution in [-0.4, -0.2) is 66.3 Å². The first-order valence-corrected chi connectivity index (χ1v) is 23.2. The van der Waals surface area contributed by atoms with Crippen molar-refractivity contribution in [1.82, 2.24) is 19.5 Å². The van der Waals surface area contributed by atoms with E-state index in [9.17, 15) is 9.59 Å². The van der Waals surface area contributed by atoms with Crippen LogP contribution in [0.15, 0.2) is 79.6 Å². The van der Waals surface area contributed by atoms with Crippen molar-refractivity contribution in [2.45, 2.75) is 102 Å². The van der Waals surface area contributed by atoms with E-state index in [1.807, 2.05) is 22.8 Å². The van der Waals surface area contributed by atoms with Crippen LogP contribution >= 0.6 is 0 Å². The number of hydrogen-bond donors (Lipinski definition) is 2. The third-order valence-corrected chi connectivity index (χ3v) is 19.6. The Morgan fingerprint density at radius 3 is 1.98 bits per heavy atom. The van der Waals surface area contributed by atoms with Crippen molar-refractivity contribution in [2.75, 3.05) is 17.2 Å². The van der Waals surface area contributed by atoms with Crippen LogP contribution in [0, 0.1) is 0 Å². The molecule has 0 bridgehead atoms. The number of nitrogens with one attached hydrogen (secondary N) is 2.